The van der Waals surface area contributed by atoms with E-state index in [1.54, 1.807) is 49.5 Å². The van der Waals surface area contributed by atoms with Gasteiger partial charge >= 0.3 is 0 Å². The van der Waals surface area contributed by atoms with E-state index in [-0.39, 0.29) is 24.2 Å². The second-order valence-corrected chi connectivity index (χ2v) is 7.29. The number of anilines is 5. The fourth-order valence-electron chi connectivity index (χ4n) is 3.06. The molecule has 8 nitrogen and oxygen atoms in total. The monoisotopic (exact) mass is 450 g/mol. The molecule has 0 bridgehead atoms. The van der Waals surface area contributed by atoms with Crippen molar-refractivity contribution in [2.45, 2.75) is 13.3 Å². The number of likely N-dealkylation sites (N-methyl/N-ethyl adjacent to an activating group) is 1. The number of carbonyl (C=O) groups excluding carboxylic acids is 2. The second kappa shape index (κ2) is 11.6. The summed E-state index contributed by atoms with van der Waals surface area (Å²) >= 11 is 0. The second-order valence-electron chi connectivity index (χ2n) is 7.29. The molecule has 1 heterocycles. The van der Waals surface area contributed by atoms with Gasteiger partial charge in [-0.05, 0) is 49.9 Å². The van der Waals surface area contributed by atoms with Gasteiger partial charge in [-0.25, -0.2) is 9.37 Å². The number of nitrogens with one attached hydrogen (secondary N) is 5. The zero-order chi connectivity index (χ0) is 23.6. The van der Waals surface area contributed by atoms with Crippen molar-refractivity contribution >= 4 is 40.4 Å². The van der Waals surface area contributed by atoms with Gasteiger partial charge < -0.3 is 26.6 Å². The van der Waals surface area contributed by atoms with Gasteiger partial charge in [0.1, 0.15) is 11.6 Å². The molecular formula is C24H27FN6O2. The van der Waals surface area contributed by atoms with Crippen LogP contribution in [-0.2, 0) is 4.79 Å². The maximum atomic E-state index is 13.5. The normalized spacial score (nSPS) is 10.4. The third-order valence-corrected chi connectivity index (χ3v) is 4.55. The molecule has 9 heteroatoms. The summed E-state index contributed by atoms with van der Waals surface area (Å²) in [5.41, 5.74) is 2.62. The van der Waals surface area contributed by atoms with E-state index in [2.05, 4.69) is 31.6 Å². The van der Waals surface area contributed by atoms with Crippen molar-refractivity contribution in [3.8, 4) is 0 Å². The van der Waals surface area contributed by atoms with Gasteiger partial charge in [0.25, 0.3) is 5.91 Å². The van der Waals surface area contributed by atoms with Crippen LogP contribution in [-0.4, -0.2) is 36.9 Å². The molecule has 0 unspecified atom stereocenters. The number of aromatic nitrogens is 1. The van der Waals surface area contributed by atoms with E-state index in [1.807, 2.05) is 6.92 Å². The fourth-order valence-corrected chi connectivity index (χ4v) is 3.06. The summed E-state index contributed by atoms with van der Waals surface area (Å²) in [5, 5.41) is 14.7. The number of halogens is 1. The van der Waals surface area contributed by atoms with E-state index in [1.165, 1.54) is 18.3 Å². The summed E-state index contributed by atoms with van der Waals surface area (Å²) in [4.78, 5) is 29.1. The largest absolute Gasteiger partial charge is 0.384 e. The van der Waals surface area contributed by atoms with E-state index in [4.69, 9.17) is 0 Å². The lowest BCUT2D eigenvalue weighted by molar-refractivity contribution is -0.115. The van der Waals surface area contributed by atoms with Crippen LogP contribution < -0.4 is 26.6 Å². The van der Waals surface area contributed by atoms with E-state index >= 15 is 0 Å². The first-order valence-electron chi connectivity index (χ1n) is 10.6. The number of hydrogen-bond acceptors (Lipinski definition) is 6. The maximum Gasteiger partial charge on any atom is 0.259 e. The minimum absolute atomic E-state index is 0.183. The van der Waals surface area contributed by atoms with Crippen molar-refractivity contribution in [3.05, 3.63) is 72.2 Å². The van der Waals surface area contributed by atoms with E-state index in [0.29, 0.717) is 40.7 Å². The van der Waals surface area contributed by atoms with Gasteiger partial charge in [-0.15, -0.1) is 0 Å². The predicted octanol–water partition coefficient (Wildman–Crippen LogP) is 4.20. The highest BCUT2D eigenvalue weighted by Gasteiger charge is 2.14. The standard InChI is InChI=1S/C24H27FN6O2/c1-3-10-27-21-13-22(29-17-7-4-6-16(25)11-17)28-14-20(21)24(33)31-19-9-5-8-18(12-19)30-23(32)15-26-2/h4-9,11-14,26H,3,10,15H2,1-2H3,(H,30,32)(H,31,33)(H2,27,28,29). The molecule has 0 radical (unpaired) electrons. The fraction of sp³-hybridized carbons (Fsp3) is 0.208. The molecule has 3 aromatic rings. The maximum absolute atomic E-state index is 13.5. The van der Waals surface area contributed by atoms with Gasteiger partial charge in [-0.1, -0.05) is 19.1 Å². The van der Waals surface area contributed by atoms with Crippen LogP contribution in [0.4, 0.5) is 33.0 Å². The Hall–Kier alpha value is -3.98. The van der Waals surface area contributed by atoms with Crippen molar-refractivity contribution in [3.63, 3.8) is 0 Å². The Kier molecular flexibility index (Phi) is 8.31. The minimum Gasteiger partial charge on any atom is -0.384 e. The topological polar surface area (TPSA) is 107 Å². The molecule has 5 N–H and O–H groups in total. The van der Waals surface area contributed by atoms with Crippen LogP contribution in [0, 0.1) is 5.82 Å². The Morgan fingerprint density at radius 2 is 1.70 bits per heavy atom. The third-order valence-electron chi connectivity index (χ3n) is 4.55. The molecule has 1 aromatic heterocycles. The highest BCUT2D eigenvalue weighted by atomic mass is 19.1. The summed E-state index contributed by atoms with van der Waals surface area (Å²) in [5.74, 6) is -0.413. The van der Waals surface area contributed by atoms with Gasteiger partial charge in [0.05, 0.1) is 17.8 Å². The zero-order valence-electron chi connectivity index (χ0n) is 18.5. The van der Waals surface area contributed by atoms with E-state index < -0.39 is 0 Å². The van der Waals surface area contributed by atoms with Crippen molar-refractivity contribution < 1.29 is 14.0 Å². The number of nitrogens with zero attached hydrogens (tertiary/aromatic N) is 1. The Labute approximate surface area is 192 Å². The lowest BCUT2D eigenvalue weighted by Crippen LogP contribution is -2.25. The lowest BCUT2D eigenvalue weighted by Gasteiger charge is -2.14. The molecule has 0 saturated heterocycles. The van der Waals surface area contributed by atoms with Crippen LogP contribution in [0.3, 0.4) is 0 Å². The van der Waals surface area contributed by atoms with Gasteiger partial charge in [-0.2, -0.15) is 0 Å². The molecule has 0 aliphatic rings. The summed E-state index contributed by atoms with van der Waals surface area (Å²) in [7, 11) is 1.69. The number of carbonyl (C=O) groups is 2. The van der Waals surface area contributed by atoms with Gasteiger partial charge in [0.15, 0.2) is 0 Å². The Balaban J connectivity index is 1.78. The van der Waals surface area contributed by atoms with Gasteiger partial charge in [0.2, 0.25) is 5.91 Å². The van der Waals surface area contributed by atoms with Crippen molar-refractivity contribution in [2.24, 2.45) is 0 Å². The van der Waals surface area contributed by atoms with Gasteiger partial charge in [-0.3, -0.25) is 9.59 Å². The SMILES string of the molecule is CCCNc1cc(Nc2cccc(F)c2)ncc1C(=O)Nc1cccc(NC(=O)CNC)c1. The van der Waals surface area contributed by atoms with Crippen LogP contribution in [0.2, 0.25) is 0 Å². The Morgan fingerprint density at radius 3 is 2.42 bits per heavy atom. The molecule has 172 valence electrons. The molecular weight excluding hydrogens is 423 g/mol. The summed E-state index contributed by atoms with van der Waals surface area (Å²) < 4.78 is 13.5. The number of hydrogen-bond donors (Lipinski definition) is 5. The lowest BCUT2D eigenvalue weighted by atomic mass is 10.2. The van der Waals surface area contributed by atoms with Crippen molar-refractivity contribution in [1.29, 1.82) is 0 Å². The average Bonchev–Trinajstić information content (AvgIpc) is 2.78. The average molecular weight is 451 g/mol. The molecule has 0 fully saturated rings. The van der Waals surface area contributed by atoms with E-state index in [0.717, 1.165) is 6.42 Å². The third kappa shape index (κ3) is 7.01. The van der Waals surface area contributed by atoms with Crippen molar-refractivity contribution in [1.82, 2.24) is 10.3 Å². The first-order valence-corrected chi connectivity index (χ1v) is 10.6. The van der Waals surface area contributed by atoms with Crippen LogP contribution in [0.5, 0.6) is 0 Å². The molecule has 0 atom stereocenters. The van der Waals surface area contributed by atoms with Crippen LogP contribution in [0.25, 0.3) is 0 Å². The smallest absolute Gasteiger partial charge is 0.259 e. The predicted molar refractivity (Wildman–Crippen MR) is 130 cm³/mol. The summed E-state index contributed by atoms with van der Waals surface area (Å²) in [6.45, 7) is 2.87. The number of pyridine rings is 1. The first-order chi connectivity index (χ1) is 16.0. The summed E-state index contributed by atoms with van der Waals surface area (Å²) in [6.07, 6.45) is 2.33. The zero-order valence-corrected chi connectivity index (χ0v) is 18.5. The Bertz CT molecular complexity index is 1120. The Morgan fingerprint density at radius 1 is 0.970 bits per heavy atom. The molecule has 0 aliphatic carbocycles. The van der Waals surface area contributed by atoms with Crippen LogP contribution in [0.1, 0.15) is 23.7 Å². The number of benzene rings is 2. The van der Waals surface area contributed by atoms with Gasteiger partial charge in [0, 0.05) is 35.9 Å². The highest BCUT2D eigenvalue weighted by molar-refractivity contribution is 6.08. The molecule has 33 heavy (non-hydrogen) atoms. The van der Waals surface area contributed by atoms with Crippen LogP contribution in [0.15, 0.2) is 60.8 Å². The quantitative estimate of drug-likeness (QED) is 0.317. The van der Waals surface area contributed by atoms with E-state index in [9.17, 15) is 14.0 Å². The van der Waals surface area contributed by atoms with Crippen LogP contribution >= 0.6 is 0 Å². The highest BCUT2D eigenvalue weighted by Crippen LogP contribution is 2.24. The number of amides is 2. The molecule has 0 saturated carbocycles. The molecule has 2 amide bonds. The molecule has 0 spiro atoms. The number of rotatable bonds is 10. The summed E-state index contributed by atoms with van der Waals surface area (Å²) in [6, 6.07) is 14.7. The van der Waals surface area contributed by atoms with Crippen molar-refractivity contribution in [2.75, 3.05) is 41.4 Å². The first kappa shape index (κ1) is 23.7. The molecule has 0 aliphatic heterocycles. The minimum atomic E-state index is -0.357. The molecule has 2 aromatic carbocycles. The molecule has 3 rings (SSSR count).